The second kappa shape index (κ2) is 9.97. The molecule has 0 aliphatic rings. The van der Waals surface area contributed by atoms with E-state index >= 15 is 0 Å². The van der Waals surface area contributed by atoms with E-state index in [2.05, 4.69) is 13.0 Å². The van der Waals surface area contributed by atoms with Crippen molar-refractivity contribution < 1.29 is 4.79 Å². The molecule has 2 unspecified atom stereocenters. The van der Waals surface area contributed by atoms with Crippen molar-refractivity contribution >= 4 is 17.4 Å². The number of halogens is 1. The van der Waals surface area contributed by atoms with Crippen LogP contribution in [0.4, 0.5) is 0 Å². The van der Waals surface area contributed by atoms with E-state index in [1.165, 1.54) is 5.56 Å². The van der Waals surface area contributed by atoms with Crippen molar-refractivity contribution in [2.45, 2.75) is 64.8 Å². The first kappa shape index (κ1) is 18.2. The lowest BCUT2D eigenvalue weighted by Gasteiger charge is -2.24. The Balaban J connectivity index is 2.48. The van der Waals surface area contributed by atoms with Gasteiger partial charge in [-0.05, 0) is 56.2 Å². The molecule has 2 nitrogen and oxygen atoms in total. The van der Waals surface area contributed by atoms with Crippen LogP contribution in [0.25, 0.3) is 0 Å². The van der Waals surface area contributed by atoms with Crippen LogP contribution in [-0.4, -0.2) is 11.8 Å². The van der Waals surface area contributed by atoms with Crippen molar-refractivity contribution in [2.75, 3.05) is 0 Å². The monoisotopic (exact) mass is 309 g/mol. The first-order valence-electron chi connectivity index (χ1n) is 8.02. The summed E-state index contributed by atoms with van der Waals surface area (Å²) in [6, 6.07) is 8.12. The average Bonchev–Trinajstić information content (AvgIpc) is 2.42. The van der Waals surface area contributed by atoms with Crippen molar-refractivity contribution in [2.24, 2.45) is 11.7 Å². The molecule has 1 aromatic rings. The molecule has 2 N–H and O–H groups in total. The van der Waals surface area contributed by atoms with Crippen LogP contribution in [0.1, 0.15) is 57.9 Å². The minimum atomic E-state index is 0.167. The number of Topliss-reactive ketones (excluding diaryl/α,β-unsaturated/α-hetero) is 1. The van der Waals surface area contributed by atoms with Gasteiger partial charge in [0.2, 0.25) is 0 Å². The molecule has 3 heteroatoms. The molecule has 0 aliphatic heterocycles. The Hall–Kier alpha value is -0.860. The topological polar surface area (TPSA) is 43.1 Å². The number of hydrogen-bond acceptors (Lipinski definition) is 2. The van der Waals surface area contributed by atoms with E-state index in [1.54, 1.807) is 6.92 Å². The van der Waals surface area contributed by atoms with E-state index in [9.17, 15) is 4.79 Å². The molecule has 0 bridgehead atoms. The summed E-state index contributed by atoms with van der Waals surface area (Å²) in [5, 5.41) is 0.771. The summed E-state index contributed by atoms with van der Waals surface area (Å²) in [5.41, 5.74) is 7.63. The van der Waals surface area contributed by atoms with Crippen LogP contribution >= 0.6 is 11.6 Å². The van der Waals surface area contributed by atoms with Crippen molar-refractivity contribution in [3.63, 3.8) is 0 Å². The molecular formula is C18H28ClNO. The zero-order valence-electron chi connectivity index (χ0n) is 13.3. The van der Waals surface area contributed by atoms with Gasteiger partial charge < -0.3 is 10.5 Å². The van der Waals surface area contributed by atoms with E-state index in [0.717, 1.165) is 43.5 Å². The maximum absolute atomic E-state index is 11.0. The molecule has 2 atom stereocenters. The van der Waals surface area contributed by atoms with Gasteiger partial charge in [-0.15, -0.1) is 0 Å². The van der Waals surface area contributed by atoms with Crippen molar-refractivity contribution in [1.82, 2.24) is 0 Å². The highest BCUT2D eigenvalue weighted by Gasteiger charge is 2.17. The Bertz CT molecular complexity index is 433. The lowest BCUT2D eigenvalue weighted by atomic mass is 9.86. The lowest BCUT2D eigenvalue weighted by molar-refractivity contribution is -0.117. The smallest absolute Gasteiger partial charge is 0.129 e. The number of rotatable bonds is 10. The zero-order valence-corrected chi connectivity index (χ0v) is 14.0. The number of ketones is 1. The van der Waals surface area contributed by atoms with Gasteiger partial charge >= 0.3 is 0 Å². The van der Waals surface area contributed by atoms with E-state index in [-0.39, 0.29) is 11.8 Å². The molecule has 21 heavy (non-hydrogen) atoms. The van der Waals surface area contributed by atoms with Gasteiger partial charge in [-0.25, -0.2) is 0 Å². The SMILES string of the molecule is CCCC(CCCCC(C)=O)C(N)Cc1cccc(Cl)c1. The molecule has 0 heterocycles. The summed E-state index contributed by atoms with van der Waals surface area (Å²) in [6.45, 7) is 3.86. The van der Waals surface area contributed by atoms with E-state index in [0.29, 0.717) is 12.3 Å². The summed E-state index contributed by atoms with van der Waals surface area (Å²) >= 11 is 6.03. The number of nitrogens with two attached hydrogens (primary N) is 1. The fourth-order valence-electron chi connectivity index (χ4n) is 2.83. The molecule has 0 aliphatic carbocycles. The highest BCUT2D eigenvalue weighted by atomic mass is 35.5. The van der Waals surface area contributed by atoms with Crippen molar-refractivity contribution in [3.05, 3.63) is 34.9 Å². The van der Waals surface area contributed by atoms with Crippen molar-refractivity contribution in [3.8, 4) is 0 Å². The highest BCUT2D eigenvalue weighted by molar-refractivity contribution is 6.30. The summed E-state index contributed by atoms with van der Waals surface area (Å²) in [6.07, 6.45) is 7.07. The maximum Gasteiger partial charge on any atom is 0.129 e. The third-order valence-corrected chi connectivity index (χ3v) is 4.21. The average molecular weight is 310 g/mol. The molecule has 0 saturated heterocycles. The molecule has 1 aromatic carbocycles. The van der Waals surface area contributed by atoms with Gasteiger partial charge in [-0.2, -0.15) is 0 Å². The van der Waals surface area contributed by atoms with Crippen LogP contribution < -0.4 is 5.73 Å². The van der Waals surface area contributed by atoms with Crippen LogP contribution in [0.15, 0.2) is 24.3 Å². The van der Waals surface area contributed by atoms with Gasteiger partial charge in [0, 0.05) is 17.5 Å². The third-order valence-electron chi connectivity index (χ3n) is 3.98. The van der Waals surface area contributed by atoms with Gasteiger partial charge in [0.25, 0.3) is 0 Å². The van der Waals surface area contributed by atoms with E-state index in [4.69, 9.17) is 17.3 Å². The standard InChI is InChI=1S/C18H28ClNO/c1-3-7-16(10-5-4-8-14(2)21)18(20)13-15-9-6-11-17(19)12-15/h6,9,11-12,16,18H,3-5,7-8,10,13,20H2,1-2H3. The number of unbranched alkanes of at least 4 members (excludes halogenated alkanes) is 1. The van der Waals surface area contributed by atoms with Gasteiger partial charge in [0.05, 0.1) is 0 Å². The normalized spacial score (nSPS) is 13.9. The minimum Gasteiger partial charge on any atom is -0.327 e. The maximum atomic E-state index is 11.0. The van der Waals surface area contributed by atoms with Crippen LogP contribution in [-0.2, 0) is 11.2 Å². The van der Waals surface area contributed by atoms with Gasteiger partial charge in [0.15, 0.2) is 0 Å². The largest absolute Gasteiger partial charge is 0.327 e. The van der Waals surface area contributed by atoms with E-state index in [1.807, 2.05) is 18.2 Å². The Labute approximate surface area is 134 Å². The summed E-state index contributed by atoms with van der Waals surface area (Å²) in [4.78, 5) is 11.0. The molecule has 0 aromatic heterocycles. The summed E-state index contributed by atoms with van der Waals surface area (Å²) < 4.78 is 0. The first-order valence-corrected chi connectivity index (χ1v) is 8.40. The zero-order chi connectivity index (χ0) is 15.7. The summed E-state index contributed by atoms with van der Waals surface area (Å²) in [5.74, 6) is 0.811. The molecule has 0 radical (unpaired) electrons. The Morgan fingerprint density at radius 1 is 1.29 bits per heavy atom. The second-order valence-electron chi connectivity index (χ2n) is 5.99. The summed E-state index contributed by atoms with van der Waals surface area (Å²) in [7, 11) is 0. The number of hydrogen-bond donors (Lipinski definition) is 1. The number of benzene rings is 1. The van der Waals surface area contributed by atoms with E-state index < -0.39 is 0 Å². The molecular weight excluding hydrogens is 282 g/mol. The Kier molecular flexibility index (Phi) is 8.63. The predicted octanol–water partition coefficient (Wildman–Crippen LogP) is 4.78. The fraction of sp³-hybridized carbons (Fsp3) is 0.611. The van der Waals surface area contributed by atoms with Crippen LogP contribution in [0.5, 0.6) is 0 Å². The lowest BCUT2D eigenvalue weighted by Crippen LogP contribution is -2.32. The first-order chi connectivity index (χ1) is 10.0. The molecule has 0 spiro atoms. The molecule has 0 saturated carbocycles. The van der Waals surface area contributed by atoms with Crippen LogP contribution in [0, 0.1) is 5.92 Å². The highest BCUT2D eigenvalue weighted by Crippen LogP contribution is 2.22. The van der Waals surface area contributed by atoms with Crippen LogP contribution in [0.2, 0.25) is 5.02 Å². The van der Waals surface area contributed by atoms with Gasteiger partial charge in [-0.1, -0.05) is 43.5 Å². The van der Waals surface area contributed by atoms with Crippen LogP contribution in [0.3, 0.4) is 0 Å². The molecule has 1 rings (SSSR count). The second-order valence-corrected chi connectivity index (χ2v) is 6.43. The van der Waals surface area contributed by atoms with Crippen molar-refractivity contribution in [1.29, 1.82) is 0 Å². The molecule has 118 valence electrons. The predicted molar refractivity (Wildman–Crippen MR) is 90.7 cm³/mol. The number of carbonyl (C=O) groups is 1. The minimum absolute atomic E-state index is 0.167. The molecule has 0 amide bonds. The van der Waals surface area contributed by atoms with Gasteiger partial charge in [0.1, 0.15) is 5.78 Å². The third kappa shape index (κ3) is 7.63. The quantitative estimate of drug-likeness (QED) is 0.632. The Morgan fingerprint density at radius 3 is 2.67 bits per heavy atom. The fourth-order valence-corrected chi connectivity index (χ4v) is 3.04. The molecule has 0 fully saturated rings. The van der Waals surface area contributed by atoms with Gasteiger partial charge in [-0.3, -0.25) is 0 Å². The Morgan fingerprint density at radius 2 is 2.05 bits per heavy atom. The number of carbonyl (C=O) groups excluding carboxylic acids is 1.